The van der Waals surface area contributed by atoms with Crippen molar-refractivity contribution in [3.8, 4) is 11.5 Å². The first-order chi connectivity index (χ1) is 18.7. The number of amides is 1. The van der Waals surface area contributed by atoms with Crippen molar-refractivity contribution < 1.29 is 40.6 Å². The molecule has 2 aliphatic rings. The molecule has 220 valence electrons. The molecule has 0 saturated carbocycles. The van der Waals surface area contributed by atoms with Gasteiger partial charge in [-0.3, -0.25) is 9.59 Å². The van der Waals surface area contributed by atoms with Crippen LogP contribution in [0.3, 0.4) is 0 Å². The fraction of sp³-hybridized carbons (Fsp3) is 0.583. The van der Waals surface area contributed by atoms with E-state index in [9.17, 15) is 35.9 Å². The molecular formula is C24H28F6N6O4. The minimum atomic E-state index is -4.92. The van der Waals surface area contributed by atoms with Crippen LogP contribution in [-0.4, -0.2) is 89.4 Å². The Labute approximate surface area is 224 Å². The summed E-state index contributed by atoms with van der Waals surface area (Å²) in [7, 11) is 1.69. The number of likely N-dealkylation sites (N-methyl/N-ethyl adjacent to an activating group) is 1. The third-order valence-electron chi connectivity index (χ3n) is 6.69. The minimum absolute atomic E-state index is 0.0633. The molecule has 0 spiro atoms. The molecule has 0 radical (unpaired) electrons. The summed E-state index contributed by atoms with van der Waals surface area (Å²) in [5.41, 5.74) is -3.76. The van der Waals surface area contributed by atoms with Crippen LogP contribution in [0.5, 0.6) is 11.5 Å². The van der Waals surface area contributed by atoms with Gasteiger partial charge in [0.2, 0.25) is 5.91 Å². The maximum Gasteiger partial charge on any atom is 0.425 e. The van der Waals surface area contributed by atoms with Crippen LogP contribution < -0.4 is 19.9 Å². The molecule has 40 heavy (non-hydrogen) atoms. The van der Waals surface area contributed by atoms with Gasteiger partial charge >= 0.3 is 12.4 Å². The van der Waals surface area contributed by atoms with Crippen molar-refractivity contribution in [1.82, 2.24) is 25.0 Å². The summed E-state index contributed by atoms with van der Waals surface area (Å²) in [6.07, 6.45) is -8.00. The second kappa shape index (κ2) is 11.5. The number of ether oxygens (including phenoxy) is 2. The first-order valence-electron chi connectivity index (χ1n) is 12.5. The van der Waals surface area contributed by atoms with E-state index in [4.69, 9.17) is 9.47 Å². The SMILES string of the molecule is CC(CN(C)CCC(=O)N1CCN2c3ncc(C(F)(F)F)cc3OCCC2C1)Oc1cn[nH]c(=O)c1C(F)(F)F. The summed E-state index contributed by atoms with van der Waals surface area (Å²) < 4.78 is 89.8. The van der Waals surface area contributed by atoms with Crippen LogP contribution >= 0.6 is 0 Å². The Kier molecular flexibility index (Phi) is 8.46. The molecule has 4 rings (SSSR count). The lowest BCUT2D eigenvalue weighted by molar-refractivity contribution is -0.140. The van der Waals surface area contributed by atoms with Crippen LogP contribution in [0.4, 0.5) is 32.2 Å². The number of alkyl halides is 6. The standard InChI is InChI=1S/C24H28F6N6O4/c1-14(40-18-11-32-33-22(38)20(18)24(28,29)30)12-34(2)5-3-19(37)35-6-7-36-16(13-35)4-8-39-17-9-15(23(25,26)27)10-31-21(17)36/h9-11,14,16H,3-8,12-13H2,1-2H3,(H,33,38). The fourth-order valence-electron chi connectivity index (χ4n) is 4.80. The number of rotatable bonds is 7. The van der Waals surface area contributed by atoms with E-state index >= 15 is 0 Å². The number of piperazine rings is 1. The van der Waals surface area contributed by atoms with Crippen molar-refractivity contribution >= 4 is 11.7 Å². The minimum Gasteiger partial charge on any atom is -0.490 e. The predicted octanol–water partition coefficient (Wildman–Crippen LogP) is 2.79. The number of nitrogens with one attached hydrogen (secondary N) is 1. The second-order valence-electron chi connectivity index (χ2n) is 9.74. The molecule has 2 aliphatic heterocycles. The van der Waals surface area contributed by atoms with Gasteiger partial charge in [-0.15, -0.1) is 0 Å². The molecule has 1 amide bonds. The van der Waals surface area contributed by atoms with E-state index in [1.807, 2.05) is 4.90 Å². The molecule has 1 saturated heterocycles. The largest absolute Gasteiger partial charge is 0.490 e. The number of nitrogens with zero attached hydrogens (tertiary/aromatic N) is 5. The maximum atomic E-state index is 13.2. The molecular weight excluding hydrogens is 550 g/mol. The second-order valence-corrected chi connectivity index (χ2v) is 9.74. The van der Waals surface area contributed by atoms with E-state index in [0.29, 0.717) is 38.4 Å². The molecule has 10 nitrogen and oxygen atoms in total. The number of halogens is 6. The molecule has 2 aromatic rings. The normalized spacial score (nSPS) is 18.5. The number of hydrogen-bond acceptors (Lipinski definition) is 8. The Bertz CT molecular complexity index is 1270. The third-order valence-corrected chi connectivity index (χ3v) is 6.69. The highest BCUT2D eigenvalue weighted by Gasteiger charge is 2.39. The molecule has 2 aromatic heterocycles. The first kappa shape index (κ1) is 29.4. The Morgan fingerprint density at radius 3 is 2.67 bits per heavy atom. The van der Waals surface area contributed by atoms with Gasteiger partial charge in [-0.1, -0.05) is 0 Å². The number of aromatic nitrogens is 3. The lowest BCUT2D eigenvalue weighted by Crippen LogP contribution is -2.55. The number of pyridine rings is 1. The number of H-pyrrole nitrogens is 1. The van der Waals surface area contributed by atoms with Crippen molar-refractivity contribution in [1.29, 1.82) is 0 Å². The average molecular weight is 579 g/mol. The van der Waals surface area contributed by atoms with E-state index in [2.05, 4.69) is 10.1 Å². The highest BCUT2D eigenvalue weighted by Crippen LogP contribution is 2.38. The third kappa shape index (κ3) is 6.77. The number of carbonyl (C=O) groups excluding carboxylic acids is 1. The molecule has 0 aliphatic carbocycles. The Morgan fingerprint density at radius 2 is 1.98 bits per heavy atom. The number of fused-ring (bicyclic) bond motifs is 3. The quantitative estimate of drug-likeness (QED) is 0.501. The molecule has 2 atom stereocenters. The van der Waals surface area contributed by atoms with Crippen LogP contribution in [0, 0.1) is 0 Å². The number of hydrogen-bond donors (Lipinski definition) is 1. The molecule has 16 heteroatoms. The Hall–Kier alpha value is -3.56. The van der Waals surface area contributed by atoms with Gasteiger partial charge in [-0.2, -0.15) is 31.4 Å². The van der Waals surface area contributed by atoms with E-state index < -0.39 is 40.9 Å². The van der Waals surface area contributed by atoms with E-state index in [-0.39, 0.29) is 37.3 Å². The van der Waals surface area contributed by atoms with Crippen LogP contribution in [0.25, 0.3) is 0 Å². The highest BCUT2D eigenvalue weighted by molar-refractivity contribution is 5.77. The smallest absolute Gasteiger partial charge is 0.425 e. The highest BCUT2D eigenvalue weighted by atomic mass is 19.4. The summed E-state index contributed by atoms with van der Waals surface area (Å²) >= 11 is 0. The molecule has 0 aromatic carbocycles. The van der Waals surface area contributed by atoms with Crippen LogP contribution in [0.1, 0.15) is 30.9 Å². The molecule has 2 unspecified atom stereocenters. The van der Waals surface area contributed by atoms with E-state index in [1.54, 1.807) is 21.9 Å². The van der Waals surface area contributed by atoms with Gasteiger partial charge < -0.3 is 24.2 Å². The van der Waals surface area contributed by atoms with Crippen molar-refractivity contribution in [3.63, 3.8) is 0 Å². The van der Waals surface area contributed by atoms with E-state index in [1.165, 1.54) is 6.92 Å². The van der Waals surface area contributed by atoms with Crippen molar-refractivity contribution in [2.24, 2.45) is 0 Å². The number of anilines is 1. The van der Waals surface area contributed by atoms with Crippen LogP contribution in [0.15, 0.2) is 23.3 Å². The first-order valence-corrected chi connectivity index (χ1v) is 12.5. The summed E-state index contributed by atoms with van der Waals surface area (Å²) in [4.78, 5) is 33.8. The zero-order chi connectivity index (χ0) is 29.2. The van der Waals surface area contributed by atoms with Crippen molar-refractivity contribution in [2.45, 2.75) is 44.3 Å². The summed E-state index contributed by atoms with van der Waals surface area (Å²) in [5, 5.41) is 5.12. The lowest BCUT2D eigenvalue weighted by Gasteiger charge is -2.41. The maximum absolute atomic E-state index is 13.2. The van der Waals surface area contributed by atoms with Gasteiger partial charge in [0.15, 0.2) is 22.9 Å². The average Bonchev–Trinajstić information content (AvgIpc) is 3.04. The van der Waals surface area contributed by atoms with Crippen molar-refractivity contribution in [2.75, 3.05) is 51.3 Å². The summed E-state index contributed by atoms with van der Waals surface area (Å²) in [5.74, 6) is -0.429. The van der Waals surface area contributed by atoms with E-state index in [0.717, 1.165) is 18.5 Å². The molecule has 1 fully saturated rings. The molecule has 4 heterocycles. The van der Waals surface area contributed by atoms with Gasteiger partial charge in [0, 0.05) is 51.8 Å². The number of aromatic amines is 1. The number of carbonyl (C=O) groups is 1. The molecule has 0 bridgehead atoms. The van der Waals surface area contributed by atoms with Gasteiger partial charge in [0.25, 0.3) is 5.56 Å². The Morgan fingerprint density at radius 1 is 1.23 bits per heavy atom. The molecule has 1 N–H and O–H groups in total. The van der Waals surface area contributed by atoms with Crippen LogP contribution in [-0.2, 0) is 17.1 Å². The van der Waals surface area contributed by atoms with Crippen LogP contribution in [0.2, 0.25) is 0 Å². The lowest BCUT2D eigenvalue weighted by atomic mass is 10.1. The Balaban J connectivity index is 1.30. The predicted molar refractivity (Wildman–Crippen MR) is 129 cm³/mol. The van der Waals surface area contributed by atoms with Gasteiger partial charge in [-0.25, -0.2) is 10.1 Å². The fourth-order valence-corrected chi connectivity index (χ4v) is 4.80. The summed E-state index contributed by atoms with van der Waals surface area (Å²) in [6.45, 7) is 3.25. The van der Waals surface area contributed by atoms with Gasteiger partial charge in [0.1, 0.15) is 6.10 Å². The van der Waals surface area contributed by atoms with Crippen molar-refractivity contribution in [3.05, 3.63) is 39.9 Å². The summed E-state index contributed by atoms with van der Waals surface area (Å²) in [6, 6.07) is 0.763. The topological polar surface area (TPSA) is 104 Å². The zero-order valence-corrected chi connectivity index (χ0v) is 21.7. The van der Waals surface area contributed by atoms with Gasteiger partial charge in [-0.05, 0) is 20.0 Å². The van der Waals surface area contributed by atoms with Gasteiger partial charge in [0.05, 0.1) is 24.4 Å². The monoisotopic (exact) mass is 578 g/mol. The zero-order valence-electron chi connectivity index (χ0n) is 21.7.